The molecule has 2 N–H and O–H groups in total. The smallest absolute Gasteiger partial charge is 0.321 e. The van der Waals surface area contributed by atoms with Crippen LogP contribution >= 0.6 is 0 Å². The van der Waals surface area contributed by atoms with E-state index in [1.54, 1.807) is 0 Å². The summed E-state index contributed by atoms with van der Waals surface area (Å²) in [6.07, 6.45) is -0.0471. The standard InChI is InChI=1S/C17H26N4O3/c1-19(2)14-6-4-13(5-7-14)18-16(22)12-15(17(23)24)21-10-8-20(3)9-11-21/h4-7,15H,8-12H2,1-3H3,(H,18,22)(H,23,24). The van der Waals surface area contributed by atoms with Crippen LogP contribution in [0, 0.1) is 0 Å². The van der Waals surface area contributed by atoms with Gasteiger partial charge in [0.2, 0.25) is 5.91 Å². The van der Waals surface area contributed by atoms with E-state index < -0.39 is 12.0 Å². The average Bonchev–Trinajstić information content (AvgIpc) is 2.54. The first-order chi connectivity index (χ1) is 11.4. The zero-order valence-electron chi connectivity index (χ0n) is 14.5. The van der Waals surface area contributed by atoms with Crippen molar-refractivity contribution < 1.29 is 14.7 Å². The first-order valence-electron chi connectivity index (χ1n) is 8.09. The number of benzene rings is 1. The van der Waals surface area contributed by atoms with Crippen molar-refractivity contribution in [2.75, 3.05) is 57.5 Å². The number of carbonyl (C=O) groups is 2. The Balaban J connectivity index is 1.94. The van der Waals surface area contributed by atoms with Gasteiger partial charge in [0.1, 0.15) is 6.04 Å². The Kier molecular flexibility index (Phi) is 6.16. The van der Waals surface area contributed by atoms with Crippen molar-refractivity contribution in [3.63, 3.8) is 0 Å². The van der Waals surface area contributed by atoms with E-state index in [1.807, 2.05) is 55.2 Å². The van der Waals surface area contributed by atoms with Gasteiger partial charge in [0.05, 0.1) is 6.42 Å². The number of amides is 1. The molecule has 0 spiro atoms. The topological polar surface area (TPSA) is 76.1 Å². The number of rotatable bonds is 6. The molecule has 1 fully saturated rings. The number of aliphatic carboxylic acids is 1. The van der Waals surface area contributed by atoms with Gasteiger partial charge in [-0.3, -0.25) is 14.5 Å². The summed E-state index contributed by atoms with van der Waals surface area (Å²) in [5.41, 5.74) is 1.71. The van der Waals surface area contributed by atoms with Crippen LogP contribution in [0.25, 0.3) is 0 Å². The molecular formula is C17H26N4O3. The van der Waals surface area contributed by atoms with Gasteiger partial charge in [0, 0.05) is 51.6 Å². The van der Waals surface area contributed by atoms with E-state index in [-0.39, 0.29) is 12.3 Å². The predicted octanol–water partition coefficient (Wildman–Crippen LogP) is 0.782. The van der Waals surface area contributed by atoms with Crippen molar-refractivity contribution in [3.8, 4) is 0 Å². The molecule has 1 amide bonds. The Hall–Kier alpha value is -2.12. The number of hydrogen-bond acceptors (Lipinski definition) is 5. The molecule has 1 unspecified atom stereocenters. The van der Waals surface area contributed by atoms with Gasteiger partial charge in [-0.05, 0) is 31.3 Å². The van der Waals surface area contributed by atoms with E-state index in [1.165, 1.54) is 0 Å². The fourth-order valence-electron chi connectivity index (χ4n) is 2.74. The molecule has 24 heavy (non-hydrogen) atoms. The fourth-order valence-corrected chi connectivity index (χ4v) is 2.74. The van der Waals surface area contributed by atoms with Crippen LogP contribution in [0.5, 0.6) is 0 Å². The van der Waals surface area contributed by atoms with Gasteiger partial charge in [-0.1, -0.05) is 0 Å². The van der Waals surface area contributed by atoms with Gasteiger partial charge in [-0.2, -0.15) is 0 Å². The molecule has 1 atom stereocenters. The highest BCUT2D eigenvalue weighted by Gasteiger charge is 2.30. The Morgan fingerprint density at radius 1 is 1.17 bits per heavy atom. The van der Waals surface area contributed by atoms with E-state index in [2.05, 4.69) is 10.2 Å². The third-order valence-electron chi connectivity index (χ3n) is 4.31. The minimum atomic E-state index is -0.947. The average molecular weight is 334 g/mol. The molecule has 1 aliphatic rings. The van der Waals surface area contributed by atoms with Gasteiger partial charge in [0.15, 0.2) is 0 Å². The zero-order valence-corrected chi connectivity index (χ0v) is 14.5. The summed E-state index contributed by atoms with van der Waals surface area (Å²) in [5, 5.41) is 12.2. The maximum atomic E-state index is 12.2. The van der Waals surface area contributed by atoms with Gasteiger partial charge >= 0.3 is 5.97 Å². The van der Waals surface area contributed by atoms with Crippen LogP contribution < -0.4 is 10.2 Å². The first kappa shape index (κ1) is 18.2. The third kappa shape index (κ3) is 4.94. The van der Waals surface area contributed by atoms with Crippen LogP contribution in [0.2, 0.25) is 0 Å². The lowest BCUT2D eigenvalue weighted by atomic mass is 10.1. The monoisotopic (exact) mass is 334 g/mol. The molecular weight excluding hydrogens is 308 g/mol. The second kappa shape index (κ2) is 8.12. The largest absolute Gasteiger partial charge is 0.480 e. The Morgan fingerprint density at radius 2 is 1.75 bits per heavy atom. The number of hydrogen-bond donors (Lipinski definition) is 2. The lowest BCUT2D eigenvalue weighted by Crippen LogP contribution is -2.52. The number of anilines is 2. The number of carboxylic acid groups (broad SMARTS) is 1. The van der Waals surface area contributed by atoms with Crippen molar-refractivity contribution in [2.24, 2.45) is 0 Å². The van der Waals surface area contributed by atoms with Crippen LogP contribution in [0.4, 0.5) is 11.4 Å². The molecule has 0 aliphatic carbocycles. The zero-order chi connectivity index (χ0) is 17.7. The quantitative estimate of drug-likeness (QED) is 0.801. The van der Waals surface area contributed by atoms with Gasteiger partial charge in [-0.25, -0.2) is 0 Å². The highest BCUT2D eigenvalue weighted by molar-refractivity contribution is 5.94. The molecule has 132 valence electrons. The SMILES string of the molecule is CN1CCN(C(CC(=O)Nc2ccc(N(C)C)cc2)C(=O)O)CC1. The van der Waals surface area contributed by atoms with E-state index in [0.717, 1.165) is 18.8 Å². The second-order valence-corrected chi connectivity index (χ2v) is 6.39. The lowest BCUT2D eigenvalue weighted by Gasteiger charge is -2.35. The predicted molar refractivity (Wildman–Crippen MR) is 94.5 cm³/mol. The van der Waals surface area contributed by atoms with Crippen molar-refractivity contribution in [3.05, 3.63) is 24.3 Å². The molecule has 0 aromatic heterocycles. The number of nitrogens with zero attached hydrogens (tertiary/aromatic N) is 3. The second-order valence-electron chi connectivity index (χ2n) is 6.39. The summed E-state index contributed by atoms with van der Waals surface area (Å²) in [6.45, 7) is 2.96. The van der Waals surface area contributed by atoms with Crippen molar-refractivity contribution in [1.82, 2.24) is 9.80 Å². The lowest BCUT2D eigenvalue weighted by molar-refractivity contribution is -0.145. The molecule has 7 nitrogen and oxygen atoms in total. The minimum Gasteiger partial charge on any atom is -0.480 e. The highest BCUT2D eigenvalue weighted by atomic mass is 16.4. The Labute approximate surface area is 142 Å². The summed E-state index contributed by atoms with van der Waals surface area (Å²) in [7, 11) is 5.90. The van der Waals surface area contributed by atoms with Gasteiger partial charge in [0.25, 0.3) is 0 Å². The molecule has 2 rings (SSSR count). The van der Waals surface area contributed by atoms with E-state index in [4.69, 9.17) is 0 Å². The number of nitrogens with one attached hydrogen (secondary N) is 1. The maximum Gasteiger partial charge on any atom is 0.321 e. The number of carbonyl (C=O) groups excluding carboxylic acids is 1. The van der Waals surface area contributed by atoms with Crippen LogP contribution in [0.3, 0.4) is 0 Å². The summed E-state index contributed by atoms with van der Waals surface area (Å²) in [5.74, 6) is -1.23. The third-order valence-corrected chi connectivity index (χ3v) is 4.31. The molecule has 1 aromatic rings. The number of likely N-dealkylation sites (N-methyl/N-ethyl adjacent to an activating group) is 1. The summed E-state index contributed by atoms with van der Waals surface area (Å²) >= 11 is 0. The number of carboxylic acids is 1. The molecule has 1 heterocycles. The van der Waals surface area contributed by atoms with Crippen LogP contribution in [-0.2, 0) is 9.59 Å². The normalized spacial score (nSPS) is 17.3. The Morgan fingerprint density at radius 3 is 2.25 bits per heavy atom. The highest BCUT2D eigenvalue weighted by Crippen LogP contribution is 2.17. The van der Waals surface area contributed by atoms with E-state index in [9.17, 15) is 14.7 Å². The molecule has 1 saturated heterocycles. The van der Waals surface area contributed by atoms with Crippen molar-refractivity contribution in [1.29, 1.82) is 0 Å². The Bertz CT molecular complexity index is 566. The van der Waals surface area contributed by atoms with E-state index >= 15 is 0 Å². The molecule has 0 radical (unpaired) electrons. The van der Waals surface area contributed by atoms with Crippen LogP contribution in [-0.4, -0.2) is 80.1 Å². The van der Waals surface area contributed by atoms with Crippen molar-refractivity contribution >= 4 is 23.3 Å². The fraction of sp³-hybridized carbons (Fsp3) is 0.529. The number of piperazine rings is 1. The molecule has 0 bridgehead atoms. The van der Waals surface area contributed by atoms with Gasteiger partial charge < -0.3 is 20.2 Å². The summed E-state index contributed by atoms with van der Waals surface area (Å²) in [6, 6.07) is 6.67. The molecule has 1 aliphatic heterocycles. The van der Waals surface area contributed by atoms with E-state index in [0.29, 0.717) is 18.8 Å². The minimum absolute atomic E-state index is 0.0471. The summed E-state index contributed by atoms with van der Waals surface area (Å²) < 4.78 is 0. The maximum absolute atomic E-state index is 12.2. The molecule has 1 aromatic carbocycles. The van der Waals surface area contributed by atoms with Crippen LogP contribution in [0.15, 0.2) is 24.3 Å². The van der Waals surface area contributed by atoms with Gasteiger partial charge in [-0.15, -0.1) is 0 Å². The molecule has 0 saturated carbocycles. The van der Waals surface area contributed by atoms with Crippen LogP contribution in [0.1, 0.15) is 6.42 Å². The molecule has 7 heteroatoms. The summed E-state index contributed by atoms with van der Waals surface area (Å²) in [4.78, 5) is 29.8. The first-order valence-corrected chi connectivity index (χ1v) is 8.09. The van der Waals surface area contributed by atoms with Crippen molar-refractivity contribution in [2.45, 2.75) is 12.5 Å².